The fourth-order valence-corrected chi connectivity index (χ4v) is 4.49. The van der Waals surface area contributed by atoms with Gasteiger partial charge in [0.1, 0.15) is 5.82 Å². The Morgan fingerprint density at radius 2 is 1.94 bits per heavy atom. The zero-order chi connectivity index (χ0) is 21.0. The lowest BCUT2D eigenvalue weighted by atomic mass is 10.1. The fourth-order valence-electron chi connectivity index (χ4n) is 3.51. The molecule has 0 saturated heterocycles. The molecule has 31 heavy (non-hydrogen) atoms. The number of nitrogens with one attached hydrogen (secondary N) is 3. The highest BCUT2D eigenvalue weighted by molar-refractivity contribution is 7.18. The van der Waals surface area contributed by atoms with E-state index in [2.05, 4.69) is 43.9 Å². The summed E-state index contributed by atoms with van der Waals surface area (Å²) < 4.78 is 0.995. The molecule has 5 N–H and O–H groups in total. The second-order valence-corrected chi connectivity index (χ2v) is 8.19. The van der Waals surface area contributed by atoms with E-state index in [9.17, 15) is 0 Å². The lowest BCUT2D eigenvalue weighted by Gasteiger charge is -2.14. The van der Waals surface area contributed by atoms with E-state index in [1.54, 1.807) is 23.7 Å². The smallest absolute Gasteiger partial charge is 0.162 e. The van der Waals surface area contributed by atoms with Gasteiger partial charge in [0.05, 0.1) is 22.5 Å². The van der Waals surface area contributed by atoms with Crippen molar-refractivity contribution in [1.29, 1.82) is 0 Å². The van der Waals surface area contributed by atoms with Gasteiger partial charge in [0.25, 0.3) is 0 Å². The Bertz CT molecular complexity index is 1210. The molecule has 5 rings (SSSR count). The number of hydrogen-bond donors (Lipinski definition) is 4. The molecule has 1 aromatic carbocycles. The SMILES string of the molecule is NC(CNc1nc(-c2ccncc2)nc2c(C3=NNNC3)csc12)Cc1ccccc1. The van der Waals surface area contributed by atoms with Crippen LogP contribution in [0.1, 0.15) is 11.1 Å². The number of rotatable bonds is 7. The molecule has 8 nitrogen and oxygen atoms in total. The third-order valence-electron chi connectivity index (χ3n) is 5.06. The summed E-state index contributed by atoms with van der Waals surface area (Å²) in [6.07, 6.45) is 4.29. The zero-order valence-electron chi connectivity index (χ0n) is 16.7. The number of aromatic nitrogens is 3. The molecule has 1 aliphatic heterocycles. The Morgan fingerprint density at radius 1 is 1.10 bits per heavy atom. The molecule has 0 amide bonds. The molecule has 4 heterocycles. The molecule has 0 spiro atoms. The number of nitrogens with two attached hydrogens (primary N) is 1. The predicted molar refractivity (Wildman–Crippen MR) is 125 cm³/mol. The molecule has 1 atom stereocenters. The first-order chi connectivity index (χ1) is 15.3. The first-order valence-corrected chi connectivity index (χ1v) is 10.9. The maximum absolute atomic E-state index is 6.41. The van der Waals surface area contributed by atoms with Crippen LogP contribution in [0.3, 0.4) is 0 Å². The van der Waals surface area contributed by atoms with Crippen molar-refractivity contribution < 1.29 is 0 Å². The number of nitrogens with zero attached hydrogens (tertiary/aromatic N) is 4. The van der Waals surface area contributed by atoms with E-state index < -0.39 is 0 Å². The van der Waals surface area contributed by atoms with Crippen molar-refractivity contribution in [2.24, 2.45) is 10.8 Å². The van der Waals surface area contributed by atoms with E-state index in [0.717, 1.165) is 39.3 Å². The van der Waals surface area contributed by atoms with E-state index in [1.807, 2.05) is 30.3 Å². The van der Waals surface area contributed by atoms with Crippen LogP contribution in [-0.4, -0.2) is 39.8 Å². The molecule has 1 aliphatic rings. The number of anilines is 1. The van der Waals surface area contributed by atoms with Crippen LogP contribution in [0.5, 0.6) is 0 Å². The molecule has 3 aromatic heterocycles. The van der Waals surface area contributed by atoms with Crippen LogP contribution < -0.4 is 22.0 Å². The Balaban J connectivity index is 1.47. The molecule has 1 unspecified atom stereocenters. The van der Waals surface area contributed by atoms with Gasteiger partial charge >= 0.3 is 0 Å². The maximum Gasteiger partial charge on any atom is 0.162 e. The van der Waals surface area contributed by atoms with Gasteiger partial charge in [-0.15, -0.1) is 11.3 Å². The first-order valence-electron chi connectivity index (χ1n) is 10.1. The van der Waals surface area contributed by atoms with Crippen molar-refractivity contribution in [3.05, 3.63) is 71.4 Å². The fraction of sp³-hybridized carbons (Fsp3) is 0.182. The van der Waals surface area contributed by atoms with Crippen molar-refractivity contribution in [3.8, 4) is 11.4 Å². The standard InChI is InChI=1S/C22H22N8S/c23-16(10-14-4-2-1-3-5-14)11-25-22-20-19(17(13-31-20)18-12-26-30-29-18)27-21(28-22)15-6-8-24-9-7-15/h1-9,13,16,26,30H,10-12,23H2,(H,25,27,28). The van der Waals surface area contributed by atoms with E-state index in [-0.39, 0.29) is 6.04 Å². The highest BCUT2D eigenvalue weighted by atomic mass is 32.1. The lowest BCUT2D eigenvalue weighted by molar-refractivity contribution is 0.653. The second-order valence-electron chi connectivity index (χ2n) is 7.31. The van der Waals surface area contributed by atoms with Gasteiger partial charge in [-0.3, -0.25) is 4.98 Å². The number of thiophene rings is 1. The van der Waals surface area contributed by atoms with Gasteiger partial charge in [-0.2, -0.15) is 5.10 Å². The van der Waals surface area contributed by atoms with Gasteiger partial charge in [0, 0.05) is 41.5 Å². The van der Waals surface area contributed by atoms with Crippen molar-refractivity contribution in [3.63, 3.8) is 0 Å². The summed E-state index contributed by atoms with van der Waals surface area (Å²) in [4.78, 5) is 13.8. The highest BCUT2D eigenvalue weighted by Gasteiger charge is 2.19. The minimum atomic E-state index is -0.0381. The Labute approximate surface area is 183 Å². The van der Waals surface area contributed by atoms with E-state index in [0.29, 0.717) is 18.9 Å². The van der Waals surface area contributed by atoms with Gasteiger partial charge in [-0.05, 0) is 24.1 Å². The van der Waals surface area contributed by atoms with E-state index in [1.165, 1.54) is 5.56 Å². The summed E-state index contributed by atoms with van der Waals surface area (Å²) in [6.45, 7) is 1.25. The third-order valence-corrected chi connectivity index (χ3v) is 6.04. The van der Waals surface area contributed by atoms with Crippen LogP contribution in [0.15, 0.2) is 65.3 Å². The normalized spacial score (nSPS) is 14.3. The molecule has 0 fully saturated rings. The minimum Gasteiger partial charge on any atom is -0.367 e. The van der Waals surface area contributed by atoms with Gasteiger partial charge in [0.2, 0.25) is 0 Å². The van der Waals surface area contributed by atoms with Crippen molar-refractivity contribution >= 4 is 33.1 Å². The quantitative estimate of drug-likeness (QED) is 0.356. The van der Waals surface area contributed by atoms with Crippen LogP contribution in [0.2, 0.25) is 0 Å². The number of fused-ring (bicyclic) bond motifs is 1. The number of pyridine rings is 1. The van der Waals surface area contributed by atoms with E-state index >= 15 is 0 Å². The van der Waals surface area contributed by atoms with Crippen LogP contribution in [0.25, 0.3) is 21.6 Å². The number of hydrazine groups is 1. The second kappa shape index (κ2) is 8.76. The monoisotopic (exact) mass is 430 g/mol. The Morgan fingerprint density at radius 3 is 2.71 bits per heavy atom. The molecule has 0 aliphatic carbocycles. The average molecular weight is 431 g/mol. The minimum absolute atomic E-state index is 0.0381. The number of hydrogen-bond acceptors (Lipinski definition) is 9. The Kier molecular flexibility index (Phi) is 5.53. The third kappa shape index (κ3) is 4.24. The number of hydrazone groups is 1. The zero-order valence-corrected chi connectivity index (χ0v) is 17.6. The molecule has 0 saturated carbocycles. The first kappa shape index (κ1) is 19.6. The summed E-state index contributed by atoms with van der Waals surface area (Å²) in [5.41, 5.74) is 17.2. The molecule has 9 heteroatoms. The largest absolute Gasteiger partial charge is 0.367 e. The molecule has 0 bridgehead atoms. The number of benzene rings is 1. The van der Waals surface area contributed by atoms with Gasteiger partial charge in [-0.25, -0.2) is 20.9 Å². The summed E-state index contributed by atoms with van der Waals surface area (Å²) >= 11 is 1.61. The van der Waals surface area contributed by atoms with Crippen molar-refractivity contribution in [2.45, 2.75) is 12.5 Å². The van der Waals surface area contributed by atoms with E-state index in [4.69, 9.17) is 15.7 Å². The van der Waals surface area contributed by atoms with Crippen LogP contribution in [0, 0.1) is 0 Å². The lowest BCUT2D eigenvalue weighted by Crippen LogP contribution is -2.31. The molecular weight excluding hydrogens is 408 g/mol. The van der Waals surface area contributed by atoms with Gasteiger partial charge in [-0.1, -0.05) is 30.3 Å². The summed E-state index contributed by atoms with van der Waals surface area (Å²) in [7, 11) is 0. The van der Waals surface area contributed by atoms with Crippen molar-refractivity contribution in [2.75, 3.05) is 18.4 Å². The summed E-state index contributed by atoms with van der Waals surface area (Å²) in [5.74, 6) is 1.43. The molecule has 156 valence electrons. The Hall–Kier alpha value is -3.40. The average Bonchev–Trinajstić information content (AvgIpc) is 3.48. The highest BCUT2D eigenvalue weighted by Crippen LogP contribution is 2.32. The van der Waals surface area contributed by atoms with Crippen LogP contribution in [-0.2, 0) is 6.42 Å². The maximum atomic E-state index is 6.41. The predicted octanol–water partition coefficient (Wildman–Crippen LogP) is 2.55. The summed E-state index contributed by atoms with van der Waals surface area (Å²) in [6, 6.07) is 14.1. The molecular formula is C22H22N8S. The van der Waals surface area contributed by atoms with Gasteiger partial charge < -0.3 is 11.1 Å². The molecule has 0 radical (unpaired) electrons. The van der Waals surface area contributed by atoms with Crippen LogP contribution in [0.4, 0.5) is 5.82 Å². The van der Waals surface area contributed by atoms with Crippen molar-refractivity contribution in [1.82, 2.24) is 25.9 Å². The molecule has 4 aromatic rings. The van der Waals surface area contributed by atoms with Crippen LogP contribution >= 0.6 is 11.3 Å². The van der Waals surface area contributed by atoms with Gasteiger partial charge in [0.15, 0.2) is 5.82 Å². The topological polar surface area (TPSA) is 113 Å². The summed E-state index contributed by atoms with van der Waals surface area (Å²) in [5, 5.41) is 9.88.